The van der Waals surface area contributed by atoms with Crippen LogP contribution in [0.15, 0.2) is 48.7 Å². The Bertz CT molecular complexity index is 906. The van der Waals surface area contributed by atoms with Gasteiger partial charge in [-0.25, -0.2) is 4.39 Å². The van der Waals surface area contributed by atoms with Crippen molar-refractivity contribution in [2.45, 2.75) is 13.0 Å². The second-order valence-corrected chi connectivity index (χ2v) is 5.30. The zero-order valence-corrected chi connectivity index (χ0v) is 12.8. The Hall–Kier alpha value is -3.22. The van der Waals surface area contributed by atoms with Gasteiger partial charge in [0.2, 0.25) is 5.91 Å². The minimum absolute atomic E-state index is 0.103. The maximum absolute atomic E-state index is 13.6. The molecule has 1 atom stereocenters. The number of benzene rings is 2. The van der Waals surface area contributed by atoms with E-state index in [1.54, 1.807) is 24.4 Å². The molecule has 2 amide bonds. The predicted octanol–water partition coefficient (Wildman–Crippen LogP) is 2.46. The van der Waals surface area contributed by atoms with Crippen LogP contribution in [0.25, 0.3) is 10.9 Å². The topological polar surface area (TPSA) is 86.9 Å². The lowest BCUT2D eigenvalue weighted by Crippen LogP contribution is -2.41. The number of fused-ring (bicyclic) bond motifs is 1. The highest BCUT2D eigenvalue weighted by molar-refractivity contribution is 6.05. The van der Waals surface area contributed by atoms with Crippen molar-refractivity contribution in [3.8, 4) is 0 Å². The standard InChI is InChI=1S/C17H15FN4O2/c1-10(20-17(24)11-5-2-3-6-13(11)18)16(23)21-14-7-4-8-15-12(14)9-19-22-15/h2-10H,1H3,(H,19,22)(H,20,24)(H,21,23). The highest BCUT2D eigenvalue weighted by atomic mass is 19.1. The molecule has 1 unspecified atom stereocenters. The molecule has 0 radical (unpaired) electrons. The maximum Gasteiger partial charge on any atom is 0.254 e. The summed E-state index contributed by atoms with van der Waals surface area (Å²) in [6.07, 6.45) is 1.60. The third-order valence-corrected chi connectivity index (χ3v) is 3.60. The lowest BCUT2D eigenvalue weighted by Gasteiger charge is -2.15. The smallest absolute Gasteiger partial charge is 0.254 e. The van der Waals surface area contributed by atoms with E-state index in [1.807, 2.05) is 6.07 Å². The summed E-state index contributed by atoms with van der Waals surface area (Å²) >= 11 is 0. The van der Waals surface area contributed by atoms with Gasteiger partial charge in [0.1, 0.15) is 11.9 Å². The van der Waals surface area contributed by atoms with E-state index in [1.165, 1.54) is 25.1 Å². The minimum atomic E-state index is -0.834. The molecule has 0 saturated heterocycles. The molecule has 3 aromatic rings. The Kier molecular flexibility index (Phi) is 4.24. The first-order valence-corrected chi connectivity index (χ1v) is 7.34. The summed E-state index contributed by atoms with van der Waals surface area (Å²) in [5.41, 5.74) is 1.27. The van der Waals surface area contributed by atoms with Crippen LogP contribution in [-0.2, 0) is 4.79 Å². The van der Waals surface area contributed by atoms with Crippen molar-refractivity contribution in [1.29, 1.82) is 0 Å². The number of nitrogens with zero attached hydrogens (tertiary/aromatic N) is 1. The third-order valence-electron chi connectivity index (χ3n) is 3.60. The van der Waals surface area contributed by atoms with Gasteiger partial charge in [0.05, 0.1) is 23.0 Å². The second kappa shape index (κ2) is 6.49. The van der Waals surface area contributed by atoms with Crippen LogP contribution in [0, 0.1) is 5.82 Å². The normalized spacial score (nSPS) is 11.9. The highest BCUT2D eigenvalue weighted by Gasteiger charge is 2.19. The maximum atomic E-state index is 13.6. The highest BCUT2D eigenvalue weighted by Crippen LogP contribution is 2.21. The van der Waals surface area contributed by atoms with Gasteiger partial charge in [-0.05, 0) is 31.2 Å². The van der Waals surface area contributed by atoms with Gasteiger partial charge in [0.25, 0.3) is 5.91 Å². The van der Waals surface area contributed by atoms with E-state index in [-0.39, 0.29) is 5.56 Å². The van der Waals surface area contributed by atoms with Gasteiger partial charge in [-0.15, -0.1) is 0 Å². The lowest BCUT2D eigenvalue weighted by molar-refractivity contribution is -0.117. The van der Waals surface area contributed by atoms with Crippen molar-refractivity contribution in [1.82, 2.24) is 15.5 Å². The van der Waals surface area contributed by atoms with Gasteiger partial charge in [0, 0.05) is 5.39 Å². The van der Waals surface area contributed by atoms with Gasteiger partial charge in [0.15, 0.2) is 0 Å². The zero-order valence-electron chi connectivity index (χ0n) is 12.8. The number of H-pyrrole nitrogens is 1. The van der Waals surface area contributed by atoms with Crippen LogP contribution < -0.4 is 10.6 Å². The first-order chi connectivity index (χ1) is 11.6. The van der Waals surface area contributed by atoms with Crippen molar-refractivity contribution < 1.29 is 14.0 Å². The summed E-state index contributed by atoms with van der Waals surface area (Å²) in [6.45, 7) is 1.53. The molecular formula is C17H15FN4O2. The van der Waals surface area contributed by atoms with E-state index in [4.69, 9.17) is 0 Å². The number of anilines is 1. The zero-order chi connectivity index (χ0) is 17.1. The van der Waals surface area contributed by atoms with E-state index < -0.39 is 23.7 Å². The third kappa shape index (κ3) is 3.10. The Morgan fingerprint density at radius 2 is 1.96 bits per heavy atom. The minimum Gasteiger partial charge on any atom is -0.340 e. The van der Waals surface area contributed by atoms with Crippen LogP contribution >= 0.6 is 0 Å². The molecule has 0 spiro atoms. The molecule has 3 rings (SSSR count). The number of aromatic amines is 1. The molecule has 0 saturated carbocycles. The Morgan fingerprint density at radius 3 is 2.75 bits per heavy atom. The van der Waals surface area contributed by atoms with Crippen molar-refractivity contribution in [3.05, 3.63) is 60.0 Å². The molecule has 1 heterocycles. The summed E-state index contributed by atoms with van der Waals surface area (Å²) in [5.74, 6) is -1.68. The van der Waals surface area contributed by atoms with Crippen LogP contribution in [-0.4, -0.2) is 28.1 Å². The van der Waals surface area contributed by atoms with Gasteiger partial charge < -0.3 is 10.6 Å². The predicted molar refractivity (Wildman–Crippen MR) is 88.1 cm³/mol. The fourth-order valence-corrected chi connectivity index (χ4v) is 2.30. The number of nitrogens with one attached hydrogen (secondary N) is 3. The summed E-state index contributed by atoms with van der Waals surface area (Å²) in [6, 6.07) is 10.1. The van der Waals surface area contributed by atoms with Crippen molar-refractivity contribution in [2.24, 2.45) is 0 Å². The number of hydrogen-bond acceptors (Lipinski definition) is 3. The van der Waals surface area contributed by atoms with Crippen LogP contribution in [0.3, 0.4) is 0 Å². The van der Waals surface area contributed by atoms with Crippen molar-refractivity contribution in [2.75, 3.05) is 5.32 Å². The fraction of sp³-hybridized carbons (Fsp3) is 0.118. The lowest BCUT2D eigenvalue weighted by atomic mass is 10.1. The van der Waals surface area contributed by atoms with Gasteiger partial charge >= 0.3 is 0 Å². The first kappa shape index (κ1) is 15.7. The number of carbonyl (C=O) groups excluding carboxylic acids is 2. The SMILES string of the molecule is CC(NC(=O)c1ccccc1F)C(=O)Nc1cccc2[nH]ncc12. The number of rotatable bonds is 4. The molecule has 6 nitrogen and oxygen atoms in total. The Balaban J connectivity index is 1.70. The molecular weight excluding hydrogens is 311 g/mol. The van der Waals surface area contributed by atoms with E-state index in [2.05, 4.69) is 20.8 Å². The average molecular weight is 326 g/mol. The molecule has 0 aliphatic heterocycles. The van der Waals surface area contributed by atoms with Crippen LogP contribution in [0.4, 0.5) is 10.1 Å². The molecule has 122 valence electrons. The van der Waals surface area contributed by atoms with Crippen LogP contribution in [0.1, 0.15) is 17.3 Å². The largest absolute Gasteiger partial charge is 0.340 e. The molecule has 0 fully saturated rings. The molecule has 24 heavy (non-hydrogen) atoms. The molecule has 7 heteroatoms. The molecule has 0 aliphatic rings. The molecule has 1 aromatic heterocycles. The number of carbonyl (C=O) groups is 2. The molecule has 3 N–H and O–H groups in total. The van der Waals surface area contributed by atoms with Gasteiger partial charge in [-0.3, -0.25) is 14.7 Å². The van der Waals surface area contributed by atoms with Gasteiger partial charge in [-0.2, -0.15) is 5.10 Å². The Labute approximate surface area is 137 Å². The summed E-state index contributed by atoms with van der Waals surface area (Å²) in [4.78, 5) is 24.3. The van der Waals surface area contributed by atoms with E-state index in [0.29, 0.717) is 5.69 Å². The molecule has 0 bridgehead atoms. The monoisotopic (exact) mass is 326 g/mol. The molecule has 2 aromatic carbocycles. The first-order valence-electron chi connectivity index (χ1n) is 7.34. The van der Waals surface area contributed by atoms with Crippen molar-refractivity contribution in [3.63, 3.8) is 0 Å². The van der Waals surface area contributed by atoms with Crippen LogP contribution in [0.5, 0.6) is 0 Å². The van der Waals surface area contributed by atoms with E-state index in [9.17, 15) is 14.0 Å². The molecule has 0 aliphatic carbocycles. The Morgan fingerprint density at radius 1 is 1.17 bits per heavy atom. The second-order valence-electron chi connectivity index (χ2n) is 5.30. The van der Waals surface area contributed by atoms with Gasteiger partial charge in [-0.1, -0.05) is 18.2 Å². The quantitative estimate of drug-likeness (QED) is 0.688. The van der Waals surface area contributed by atoms with Crippen LogP contribution in [0.2, 0.25) is 0 Å². The van der Waals surface area contributed by atoms with Crippen molar-refractivity contribution >= 4 is 28.4 Å². The number of aromatic nitrogens is 2. The fourth-order valence-electron chi connectivity index (χ4n) is 2.30. The summed E-state index contributed by atoms with van der Waals surface area (Å²) in [7, 11) is 0. The summed E-state index contributed by atoms with van der Waals surface area (Å²) in [5, 5.41) is 12.7. The number of amides is 2. The average Bonchev–Trinajstić information content (AvgIpc) is 3.04. The number of halogens is 1. The number of hydrogen-bond donors (Lipinski definition) is 3. The van der Waals surface area contributed by atoms with E-state index >= 15 is 0 Å². The summed E-state index contributed by atoms with van der Waals surface area (Å²) < 4.78 is 13.6. The van der Waals surface area contributed by atoms with E-state index in [0.717, 1.165) is 10.9 Å².